The van der Waals surface area contributed by atoms with Crippen molar-refractivity contribution in [3.8, 4) is 0 Å². The number of rotatable bonds is 0. The molecule has 0 aromatic carbocycles. The van der Waals surface area contributed by atoms with Gasteiger partial charge < -0.3 is 15.8 Å². The van der Waals surface area contributed by atoms with E-state index < -0.39 is 0 Å². The van der Waals surface area contributed by atoms with Gasteiger partial charge in [0.15, 0.2) is 0 Å². The molecule has 0 bridgehead atoms. The minimum Gasteiger partial charge on any atom is -0.381 e. The summed E-state index contributed by atoms with van der Waals surface area (Å²) in [5, 5.41) is 3.30. The normalized spacial score (nSPS) is 47.1. The van der Waals surface area contributed by atoms with Crippen LogP contribution < -0.4 is 11.1 Å². The summed E-state index contributed by atoms with van der Waals surface area (Å²) in [6.07, 6.45) is 1.02. The van der Waals surface area contributed by atoms with Gasteiger partial charge in [-0.2, -0.15) is 0 Å². The van der Waals surface area contributed by atoms with E-state index in [2.05, 4.69) is 5.32 Å². The van der Waals surface area contributed by atoms with Crippen molar-refractivity contribution >= 4 is 0 Å². The number of hydrogen-bond acceptors (Lipinski definition) is 3. The molecule has 2 saturated heterocycles. The van der Waals surface area contributed by atoms with Gasteiger partial charge in [-0.05, 0) is 6.42 Å². The van der Waals surface area contributed by atoms with Crippen LogP contribution in [-0.2, 0) is 4.74 Å². The van der Waals surface area contributed by atoms with Crippen molar-refractivity contribution in [2.24, 2.45) is 11.7 Å². The summed E-state index contributed by atoms with van der Waals surface area (Å²) in [7, 11) is 0. The Morgan fingerprint density at radius 1 is 1.60 bits per heavy atom. The minimum atomic E-state index is 0.0538. The third-order valence-electron chi connectivity index (χ3n) is 2.69. The predicted molar refractivity (Wildman–Crippen MR) is 38.7 cm³/mol. The Morgan fingerprint density at radius 3 is 3.30 bits per heavy atom. The van der Waals surface area contributed by atoms with E-state index in [9.17, 15) is 0 Å². The first kappa shape index (κ1) is 6.58. The fourth-order valence-electron chi connectivity index (χ4n) is 1.83. The van der Waals surface area contributed by atoms with Crippen LogP contribution in [0.4, 0.5) is 0 Å². The fourth-order valence-corrected chi connectivity index (χ4v) is 1.83. The molecule has 2 aliphatic heterocycles. The van der Waals surface area contributed by atoms with Crippen LogP contribution >= 0.6 is 0 Å². The van der Waals surface area contributed by atoms with Gasteiger partial charge in [-0.25, -0.2) is 0 Å². The van der Waals surface area contributed by atoms with Crippen molar-refractivity contribution in [3.63, 3.8) is 0 Å². The Morgan fingerprint density at radius 2 is 2.50 bits per heavy atom. The van der Waals surface area contributed by atoms with Crippen molar-refractivity contribution in [2.45, 2.75) is 12.0 Å². The van der Waals surface area contributed by atoms with Crippen LogP contribution in [0.15, 0.2) is 0 Å². The first-order valence-electron chi connectivity index (χ1n) is 3.89. The fraction of sp³-hybridized carbons (Fsp3) is 1.00. The largest absolute Gasteiger partial charge is 0.381 e. The minimum absolute atomic E-state index is 0.0538. The Balaban J connectivity index is 2.10. The molecular weight excluding hydrogens is 128 g/mol. The van der Waals surface area contributed by atoms with Gasteiger partial charge in [0, 0.05) is 31.2 Å². The number of fused-ring (bicyclic) bond motifs is 1. The lowest BCUT2D eigenvalue weighted by atomic mass is 9.84. The summed E-state index contributed by atoms with van der Waals surface area (Å²) < 4.78 is 5.33. The van der Waals surface area contributed by atoms with E-state index in [0.29, 0.717) is 5.92 Å². The predicted octanol–water partition coefficient (Wildman–Crippen LogP) is -0.676. The zero-order chi connectivity index (χ0) is 7.03. The number of nitrogens with two attached hydrogens (primary N) is 1. The highest BCUT2D eigenvalue weighted by Crippen LogP contribution is 2.26. The highest BCUT2D eigenvalue weighted by Gasteiger charge is 2.41. The van der Waals surface area contributed by atoms with Gasteiger partial charge in [0.05, 0.1) is 6.61 Å². The average molecular weight is 142 g/mol. The SMILES string of the molecule is NC12CCOCC1CNC2. The third-order valence-corrected chi connectivity index (χ3v) is 2.69. The van der Waals surface area contributed by atoms with Crippen LogP contribution in [0.3, 0.4) is 0 Å². The van der Waals surface area contributed by atoms with Crippen LogP contribution in [0.5, 0.6) is 0 Å². The van der Waals surface area contributed by atoms with Crippen LogP contribution in [0, 0.1) is 5.92 Å². The quantitative estimate of drug-likeness (QED) is 0.471. The van der Waals surface area contributed by atoms with Crippen molar-refractivity contribution in [3.05, 3.63) is 0 Å². The van der Waals surface area contributed by atoms with Gasteiger partial charge in [0.25, 0.3) is 0 Å². The molecule has 58 valence electrons. The van der Waals surface area contributed by atoms with Crippen molar-refractivity contribution < 1.29 is 4.74 Å². The summed E-state index contributed by atoms with van der Waals surface area (Å²) in [5.74, 6) is 0.557. The molecule has 2 heterocycles. The maximum Gasteiger partial charge on any atom is 0.0524 e. The number of hydrogen-bond donors (Lipinski definition) is 2. The van der Waals surface area contributed by atoms with E-state index in [1.807, 2.05) is 0 Å². The van der Waals surface area contributed by atoms with Crippen LogP contribution in [0.2, 0.25) is 0 Å². The molecule has 0 spiro atoms. The van der Waals surface area contributed by atoms with Gasteiger partial charge in [-0.1, -0.05) is 0 Å². The second kappa shape index (κ2) is 2.19. The Kier molecular flexibility index (Phi) is 1.44. The molecule has 0 radical (unpaired) electrons. The maximum absolute atomic E-state index is 6.12. The lowest BCUT2D eigenvalue weighted by molar-refractivity contribution is 0.0241. The van der Waals surface area contributed by atoms with Gasteiger partial charge in [0.2, 0.25) is 0 Å². The van der Waals surface area contributed by atoms with Gasteiger partial charge in [-0.3, -0.25) is 0 Å². The average Bonchev–Trinajstić information content (AvgIpc) is 2.29. The molecule has 10 heavy (non-hydrogen) atoms. The molecule has 3 heteroatoms. The van der Waals surface area contributed by atoms with Gasteiger partial charge in [-0.15, -0.1) is 0 Å². The molecule has 2 aliphatic rings. The zero-order valence-electron chi connectivity index (χ0n) is 6.10. The molecule has 3 nitrogen and oxygen atoms in total. The van der Waals surface area contributed by atoms with E-state index in [0.717, 1.165) is 32.7 Å². The van der Waals surface area contributed by atoms with Crippen molar-refractivity contribution in [1.29, 1.82) is 0 Å². The highest BCUT2D eigenvalue weighted by molar-refractivity contribution is 5.01. The Hall–Kier alpha value is -0.120. The lowest BCUT2D eigenvalue weighted by Crippen LogP contribution is -2.52. The summed E-state index contributed by atoms with van der Waals surface area (Å²) in [4.78, 5) is 0. The van der Waals surface area contributed by atoms with Crippen LogP contribution in [0.1, 0.15) is 6.42 Å². The van der Waals surface area contributed by atoms with Gasteiger partial charge in [0.1, 0.15) is 0 Å². The first-order chi connectivity index (χ1) is 4.81. The van der Waals surface area contributed by atoms with E-state index in [1.54, 1.807) is 0 Å². The van der Waals surface area contributed by atoms with Crippen LogP contribution in [-0.4, -0.2) is 31.8 Å². The van der Waals surface area contributed by atoms with E-state index in [1.165, 1.54) is 0 Å². The molecule has 0 amide bonds. The van der Waals surface area contributed by atoms with E-state index >= 15 is 0 Å². The molecule has 0 aliphatic carbocycles. The molecule has 3 N–H and O–H groups in total. The topological polar surface area (TPSA) is 47.3 Å². The monoisotopic (exact) mass is 142 g/mol. The molecular formula is C7H14N2O. The highest BCUT2D eigenvalue weighted by atomic mass is 16.5. The molecule has 2 unspecified atom stereocenters. The second-order valence-corrected chi connectivity index (χ2v) is 3.39. The van der Waals surface area contributed by atoms with E-state index in [4.69, 9.17) is 10.5 Å². The molecule has 0 aromatic rings. The lowest BCUT2D eigenvalue weighted by Gasteiger charge is -2.34. The standard InChI is InChI=1S/C7H14N2O/c8-7-1-2-10-4-6(7)3-9-5-7/h6,9H,1-5,8H2. The van der Waals surface area contributed by atoms with Crippen molar-refractivity contribution in [1.82, 2.24) is 5.32 Å². The Bertz CT molecular complexity index is 140. The summed E-state index contributed by atoms with van der Waals surface area (Å²) in [5.41, 5.74) is 6.18. The number of ether oxygens (including phenoxy) is 1. The summed E-state index contributed by atoms with van der Waals surface area (Å²) >= 11 is 0. The smallest absolute Gasteiger partial charge is 0.0524 e. The maximum atomic E-state index is 6.12. The molecule has 2 rings (SSSR count). The molecule has 0 aromatic heterocycles. The van der Waals surface area contributed by atoms with Crippen LogP contribution in [0.25, 0.3) is 0 Å². The zero-order valence-corrected chi connectivity index (χ0v) is 6.10. The molecule has 2 fully saturated rings. The first-order valence-corrected chi connectivity index (χ1v) is 3.89. The molecule has 0 saturated carbocycles. The summed E-state index contributed by atoms with van der Waals surface area (Å²) in [6.45, 7) is 3.70. The second-order valence-electron chi connectivity index (χ2n) is 3.39. The summed E-state index contributed by atoms with van der Waals surface area (Å²) in [6, 6.07) is 0. The van der Waals surface area contributed by atoms with Gasteiger partial charge >= 0.3 is 0 Å². The molecule has 2 atom stereocenters. The third kappa shape index (κ3) is 0.856. The Labute approximate surface area is 60.9 Å². The van der Waals surface area contributed by atoms with E-state index in [-0.39, 0.29) is 5.54 Å². The van der Waals surface area contributed by atoms with Crippen molar-refractivity contribution in [2.75, 3.05) is 26.3 Å². The number of nitrogens with one attached hydrogen (secondary N) is 1.